The zero-order valence-corrected chi connectivity index (χ0v) is 8.56. The number of hydrogen-bond acceptors (Lipinski definition) is 3. The van der Waals surface area contributed by atoms with Gasteiger partial charge in [-0.25, -0.2) is 0 Å². The predicted molar refractivity (Wildman–Crippen MR) is 53.2 cm³/mol. The zero-order valence-electron chi connectivity index (χ0n) is 8.56. The molecule has 0 saturated heterocycles. The molecule has 3 N–H and O–H groups in total. The Hall–Kier alpha value is -1.85. The maximum absolute atomic E-state index is 11.0. The lowest BCUT2D eigenvalue weighted by Crippen LogP contribution is -2.17. The molecule has 0 aliphatic heterocycles. The van der Waals surface area contributed by atoms with Gasteiger partial charge < -0.3 is 10.2 Å². The van der Waals surface area contributed by atoms with E-state index in [2.05, 4.69) is 10.2 Å². The minimum atomic E-state index is -1.14. The van der Waals surface area contributed by atoms with Crippen molar-refractivity contribution in [3.63, 3.8) is 0 Å². The first-order valence-corrected chi connectivity index (χ1v) is 5.10. The molecule has 1 aliphatic carbocycles. The van der Waals surface area contributed by atoms with Gasteiger partial charge in [-0.3, -0.25) is 14.7 Å². The third-order valence-corrected chi connectivity index (χ3v) is 2.85. The largest absolute Gasteiger partial charge is 0.481 e. The molecule has 1 heterocycles. The number of fused-ring (bicyclic) bond motifs is 1. The van der Waals surface area contributed by atoms with Gasteiger partial charge in [0.1, 0.15) is 5.92 Å². The number of aromatic amines is 1. The number of H-pyrrole nitrogens is 1. The fourth-order valence-electron chi connectivity index (χ4n) is 2.11. The summed E-state index contributed by atoms with van der Waals surface area (Å²) in [7, 11) is 0. The molecule has 16 heavy (non-hydrogen) atoms. The second-order valence-electron chi connectivity index (χ2n) is 3.91. The maximum atomic E-state index is 11.0. The van der Waals surface area contributed by atoms with Crippen molar-refractivity contribution in [3.8, 4) is 0 Å². The monoisotopic (exact) mass is 224 g/mol. The van der Waals surface area contributed by atoms with Gasteiger partial charge >= 0.3 is 11.9 Å². The van der Waals surface area contributed by atoms with E-state index in [-0.39, 0.29) is 0 Å². The summed E-state index contributed by atoms with van der Waals surface area (Å²) in [6.07, 6.45) is 2.19. The van der Waals surface area contributed by atoms with Crippen LogP contribution in [-0.2, 0) is 22.4 Å². The normalized spacial score (nSPS) is 15.8. The van der Waals surface area contributed by atoms with Crippen LogP contribution in [0.2, 0.25) is 0 Å². The van der Waals surface area contributed by atoms with Crippen LogP contribution in [0.15, 0.2) is 0 Å². The average molecular weight is 224 g/mol. The summed E-state index contributed by atoms with van der Waals surface area (Å²) in [6.45, 7) is 0. The first-order chi connectivity index (χ1) is 7.59. The van der Waals surface area contributed by atoms with Gasteiger partial charge in [0.15, 0.2) is 0 Å². The number of aryl methyl sites for hydroxylation is 1. The Labute approximate surface area is 91.3 Å². The number of rotatable bonds is 4. The standard InChI is InChI=1S/C10H12N2O4/c13-8(14)4-6(10(15)16)9-5-2-1-3-7(5)11-12-9/h6H,1-4H2,(H,11,12)(H,13,14)(H,15,16). The van der Waals surface area contributed by atoms with Crippen molar-refractivity contribution in [1.29, 1.82) is 0 Å². The Morgan fingerprint density at radius 1 is 1.38 bits per heavy atom. The Balaban J connectivity index is 2.31. The smallest absolute Gasteiger partial charge is 0.313 e. The molecule has 6 nitrogen and oxygen atoms in total. The molecule has 2 rings (SSSR count). The molecule has 1 unspecified atom stereocenters. The average Bonchev–Trinajstić information content (AvgIpc) is 2.74. The number of aromatic nitrogens is 2. The van der Waals surface area contributed by atoms with E-state index in [1.54, 1.807) is 0 Å². The molecule has 0 bridgehead atoms. The van der Waals surface area contributed by atoms with Crippen molar-refractivity contribution in [2.45, 2.75) is 31.6 Å². The van der Waals surface area contributed by atoms with Gasteiger partial charge in [0.2, 0.25) is 0 Å². The summed E-state index contributed by atoms with van der Waals surface area (Å²) >= 11 is 0. The van der Waals surface area contributed by atoms with Gasteiger partial charge in [-0.1, -0.05) is 0 Å². The Bertz CT molecular complexity index is 438. The number of carboxylic acids is 2. The Morgan fingerprint density at radius 2 is 2.12 bits per heavy atom. The van der Waals surface area contributed by atoms with Crippen molar-refractivity contribution in [2.75, 3.05) is 0 Å². The van der Waals surface area contributed by atoms with E-state index in [9.17, 15) is 9.59 Å². The first-order valence-electron chi connectivity index (χ1n) is 5.10. The molecule has 0 radical (unpaired) electrons. The SMILES string of the molecule is O=C(O)CC(C(=O)O)c1n[nH]c2c1CCC2. The van der Waals surface area contributed by atoms with E-state index >= 15 is 0 Å². The molecule has 0 saturated carbocycles. The molecular formula is C10H12N2O4. The van der Waals surface area contributed by atoms with Crippen molar-refractivity contribution in [3.05, 3.63) is 17.0 Å². The lowest BCUT2D eigenvalue weighted by molar-refractivity contribution is -0.145. The number of carboxylic acid groups (broad SMARTS) is 2. The topological polar surface area (TPSA) is 103 Å². The number of nitrogens with one attached hydrogen (secondary N) is 1. The van der Waals surface area contributed by atoms with Crippen molar-refractivity contribution >= 4 is 11.9 Å². The van der Waals surface area contributed by atoms with Crippen LogP contribution in [-0.4, -0.2) is 32.3 Å². The van der Waals surface area contributed by atoms with E-state index in [0.717, 1.165) is 30.5 Å². The lowest BCUT2D eigenvalue weighted by Gasteiger charge is -2.08. The maximum Gasteiger partial charge on any atom is 0.313 e. The summed E-state index contributed by atoms with van der Waals surface area (Å²) in [5.41, 5.74) is 2.24. The first kappa shape index (κ1) is 10.7. The van der Waals surface area contributed by atoms with Gasteiger partial charge in [0.05, 0.1) is 12.1 Å². The summed E-state index contributed by atoms with van der Waals surface area (Å²) in [4.78, 5) is 21.6. The second kappa shape index (κ2) is 3.96. The highest BCUT2D eigenvalue weighted by molar-refractivity contribution is 5.82. The van der Waals surface area contributed by atoms with Crippen molar-refractivity contribution < 1.29 is 19.8 Å². The highest BCUT2D eigenvalue weighted by atomic mass is 16.4. The van der Waals surface area contributed by atoms with Gasteiger partial charge in [0, 0.05) is 5.69 Å². The van der Waals surface area contributed by atoms with Crippen LogP contribution in [0.4, 0.5) is 0 Å². The zero-order chi connectivity index (χ0) is 11.7. The number of carbonyl (C=O) groups is 2. The molecule has 1 aliphatic rings. The van der Waals surface area contributed by atoms with Crippen LogP contribution in [0, 0.1) is 0 Å². The Kier molecular flexibility index (Phi) is 2.64. The highest BCUT2D eigenvalue weighted by Crippen LogP contribution is 2.29. The molecule has 0 spiro atoms. The minimum absolute atomic E-state index is 0.391. The molecule has 0 aromatic carbocycles. The lowest BCUT2D eigenvalue weighted by atomic mass is 9.97. The molecule has 6 heteroatoms. The molecule has 86 valence electrons. The molecular weight excluding hydrogens is 212 g/mol. The number of aliphatic carboxylic acids is 2. The molecule has 1 atom stereocenters. The van der Waals surface area contributed by atoms with Crippen LogP contribution in [0.3, 0.4) is 0 Å². The van der Waals surface area contributed by atoms with E-state index in [0.29, 0.717) is 5.69 Å². The summed E-state index contributed by atoms with van der Waals surface area (Å²) in [5.74, 6) is -3.30. The van der Waals surface area contributed by atoms with Crippen LogP contribution < -0.4 is 0 Å². The predicted octanol–water partition coefficient (Wildman–Crippen LogP) is 0.541. The third kappa shape index (κ3) is 1.78. The van der Waals surface area contributed by atoms with E-state index in [1.165, 1.54) is 0 Å². The molecule has 1 aromatic heterocycles. The van der Waals surface area contributed by atoms with Gasteiger partial charge in [-0.15, -0.1) is 0 Å². The van der Waals surface area contributed by atoms with Gasteiger partial charge in [-0.05, 0) is 24.8 Å². The fourth-order valence-corrected chi connectivity index (χ4v) is 2.11. The number of hydrogen-bond donors (Lipinski definition) is 3. The fraction of sp³-hybridized carbons (Fsp3) is 0.500. The van der Waals surface area contributed by atoms with Crippen LogP contribution in [0.5, 0.6) is 0 Å². The summed E-state index contributed by atoms with van der Waals surface area (Å²) in [6, 6.07) is 0. The van der Waals surface area contributed by atoms with Crippen LogP contribution in [0.1, 0.15) is 35.7 Å². The molecule has 0 amide bonds. The minimum Gasteiger partial charge on any atom is -0.481 e. The summed E-state index contributed by atoms with van der Waals surface area (Å²) < 4.78 is 0. The third-order valence-electron chi connectivity index (χ3n) is 2.85. The Morgan fingerprint density at radius 3 is 2.75 bits per heavy atom. The van der Waals surface area contributed by atoms with Gasteiger partial charge in [0.25, 0.3) is 0 Å². The molecule has 0 fully saturated rings. The van der Waals surface area contributed by atoms with Crippen LogP contribution >= 0.6 is 0 Å². The highest BCUT2D eigenvalue weighted by Gasteiger charge is 2.30. The van der Waals surface area contributed by atoms with Crippen molar-refractivity contribution in [2.24, 2.45) is 0 Å². The number of nitrogens with zero attached hydrogens (tertiary/aromatic N) is 1. The van der Waals surface area contributed by atoms with E-state index in [4.69, 9.17) is 10.2 Å². The van der Waals surface area contributed by atoms with Gasteiger partial charge in [-0.2, -0.15) is 5.10 Å². The van der Waals surface area contributed by atoms with Crippen molar-refractivity contribution in [1.82, 2.24) is 10.2 Å². The van der Waals surface area contributed by atoms with Crippen LogP contribution in [0.25, 0.3) is 0 Å². The molecule has 1 aromatic rings. The van der Waals surface area contributed by atoms with E-state index in [1.807, 2.05) is 0 Å². The quantitative estimate of drug-likeness (QED) is 0.692. The summed E-state index contributed by atoms with van der Waals surface area (Å²) in [5, 5.41) is 24.4. The van der Waals surface area contributed by atoms with E-state index < -0.39 is 24.3 Å². The second-order valence-corrected chi connectivity index (χ2v) is 3.91.